The highest BCUT2D eigenvalue weighted by Crippen LogP contribution is 2.29. The maximum Gasteiger partial charge on any atom is 0.289 e. The summed E-state index contributed by atoms with van der Waals surface area (Å²) in [6.45, 7) is 7.94. The molecule has 0 fully saturated rings. The van der Waals surface area contributed by atoms with E-state index in [0.29, 0.717) is 28.3 Å². The van der Waals surface area contributed by atoms with Gasteiger partial charge in [0.2, 0.25) is 5.91 Å². The number of ether oxygens (including phenoxy) is 1. The van der Waals surface area contributed by atoms with E-state index >= 15 is 0 Å². The van der Waals surface area contributed by atoms with E-state index in [1.54, 1.807) is 18.2 Å². The molecule has 2 aromatic carbocycles. The monoisotopic (exact) mass is 521 g/mol. The number of hydrogen-bond acceptors (Lipinski definition) is 7. The standard InChI is InChI=1S/C22H21Cl2N5O4S/c1-4-9-28-21(14(3)33-16-6-8-17(23)13(2)10-16)26-27-22(28)34-12-20(30)25-15-5-7-18(24)19(11-15)29(31)32/h4-8,10-11,14H,1,9,12H2,2-3H3,(H,25,30). The number of benzene rings is 2. The van der Waals surface area contributed by atoms with Crippen LogP contribution >= 0.6 is 35.0 Å². The number of nitro groups is 1. The quantitative estimate of drug-likeness (QED) is 0.154. The molecule has 1 aromatic heterocycles. The number of halogens is 2. The van der Waals surface area contributed by atoms with E-state index < -0.39 is 11.0 Å². The van der Waals surface area contributed by atoms with Crippen LogP contribution in [0.2, 0.25) is 10.0 Å². The van der Waals surface area contributed by atoms with Gasteiger partial charge in [0.15, 0.2) is 17.1 Å². The Morgan fingerprint density at radius 3 is 2.71 bits per heavy atom. The molecule has 0 bridgehead atoms. The molecule has 3 rings (SSSR count). The Balaban J connectivity index is 1.68. The molecule has 3 aromatic rings. The first-order valence-corrected chi connectivity index (χ1v) is 11.8. The Morgan fingerprint density at radius 2 is 2.03 bits per heavy atom. The van der Waals surface area contributed by atoms with Crippen molar-refractivity contribution in [1.82, 2.24) is 14.8 Å². The van der Waals surface area contributed by atoms with Crippen LogP contribution in [0.15, 0.2) is 54.2 Å². The Morgan fingerprint density at radius 1 is 1.29 bits per heavy atom. The van der Waals surface area contributed by atoms with Gasteiger partial charge in [-0.05, 0) is 49.7 Å². The molecule has 12 heteroatoms. The summed E-state index contributed by atoms with van der Waals surface area (Å²) in [6, 6.07) is 9.45. The number of thioether (sulfide) groups is 1. The predicted molar refractivity (Wildman–Crippen MR) is 133 cm³/mol. The van der Waals surface area contributed by atoms with Crippen molar-refractivity contribution < 1.29 is 14.5 Å². The number of hydrogen-bond donors (Lipinski definition) is 1. The van der Waals surface area contributed by atoms with Gasteiger partial charge >= 0.3 is 0 Å². The summed E-state index contributed by atoms with van der Waals surface area (Å²) in [5.74, 6) is 0.867. The minimum absolute atomic E-state index is 0.00692. The van der Waals surface area contributed by atoms with E-state index in [4.69, 9.17) is 27.9 Å². The van der Waals surface area contributed by atoms with Crippen LogP contribution in [0.25, 0.3) is 0 Å². The molecule has 34 heavy (non-hydrogen) atoms. The number of nitrogens with one attached hydrogen (secondary N) is 1. The van der Waals surface area contributed by atoms with Crippen LogP contribution in [0.4, 0.5) is 11.4 Å². The van der Waals surface area contributed by atoms with E-state index in [0.717, 1.165) is 5.56 Å². The molecule has 9 nitrogen and oxygen atoms in total. The van der Waals surface area contributed by atoms with Gasteiger partial charge in [-0.2, -0.15) is 0 Å². The molecule has 0 aliphatic rings. The Kier molecular flexibility index (Phi) is 8.54. The van der Waals surface area contributed by atoms with Gasteiger partial charge in [-0.1, -0.05) is 41.0 Å². The van der Waals surface area contributed by atoms with Gasteiger partial charge in [-0.3, -0.25) is 19.5 Å². The highest BCUT2D eigenvalue weighted by molar-refractivity contribution is 7.99. The lowest BCUT2D eigenvalue weighted by molar-refractivity contribution is -0.384. The smallest absolute Gasteiger partial charge is 0.289 e. The first-order chi connectivity index (χ1) is 16.2. The molecule has 1 atom stereocenters. The molecule has 0 radical (unpaired) electrons. The van der Waals surface area contributed by atoms with E-state index in [1.807, 2.05) is 24.5 Å². The number of nitrogens with zero attached hydrogens (tertiary/aromatic N) is 4. The number of carbonyl (C=O) groups excluding carboxylic acids is 1. The normalized spacial score (nSPS) is 11.6. The zero-order valence-electron chi connectivity index (χ0n) is 18.3. The van der Waals surface area contributed by atoms with E-state index in [2.05, 4.69) is 22.1 Å². The van der Waals surface area contributed by atoms with Gasteiger partial charge in [-0.15, -0.1) is 16.8 Å². The SMILES string of the molecule is C=CCn1c(SCC(=O)Nc2ccc(Cl)c([N+](=O)[O-])c2)nnc1C(C)Oc1ccc(Cl)c(C)c1. The van der Waals surface area contributed by atoms with Gasteiger partial charge in [0.05, 0.1) is 10.7 Å². The lowest BCUT2D eigenvalue weighted by atomic mass is 10.2. The van der Waals surface area contributed by atoms with Crippen LogP contribution in [0.3, 0.4) is 0 Å². The van der Waals surface area contributed by atoms with Crippen molar-refractivity contribution in [2.45, 2.75) is 31.7 Å². The second-order valence-electron chi connectivity index (χ2n) is 7.17. The summed E-state index contributed by atoms with van der Waals surface area (Å²) in [4.78, 5) is 22.8. The van der Waals surface area contributed by atoms with Crippen LogP contribution < -0.4 is 10.1 Å². The topological polar surface area (TPSA) is 112 Å². The van der Waals surface area contributed by atoms with E-state index in [9.17, 15) is 14.9 Å². The summed E-state index contributed by atoms with van der Waals surface area (Å²) in [5.41, 5.74) is 0.884. The molecule has 0 spiro atoms. The largest absolute Gasteiger partial charge is 0.483 e. The fourth-order valence-electron chi connectivity index (χ4n) is 3.01. The Bertz CT molecular complexity index is 1230. The molecule has 0 saturated carbocycles. The molecule has 0 saturated heterocycles. The fourth-order valence-corrected chi connectivity index (χ4v) is 4.07. The van der Waals surface area contributed by atoms with Gasteiger partial charge in [0, 0.05) is 23.3 Å². The predicted octanol–water partition coefficient (Wildman–Crippen LogP) is 5.86. The molecule has 1 amide bonds. The zero-order chi connectivity index (χ0) is 24.8. The summed E-state index contributed by atoms with van der Waals surface area (Å²) in [7, 11) is 0. The van der Waals surface area contributed by atoms with Gasteiger partial charge in [0.1, 0.15) is 10.8 Å². The molecule has 178 valence electrons. The summed E-state index contributed by atoms with van der Waals surface area (Å²) in [5, 5.41) is 23.3. The van der Waals surface area contributed by atoms with Crippen molar-refractivity contribution in [3.63, 3.8) is 0 Å². The van der Waals surface area contributed by atoms with Gasteiger partial charge < -0.3 is 10.1 Å². The minimum Gasteiger partial charge on any atom is -0.483 e. The third-order valence-electron chi connectivity index (χ3n) is 4.62. The number of nitro benzene ring substituents is 1. The van der Waals surface area contributed by atoms with Crippen LogP contribution in [-0.2, 0) is 11.3 Å². The van der Waals surface area contributed by atoms with Crippen molar-refractivity contribution in [3.8, 4) is 5.75 Å². The number of carbonyl (C=O) groups is 1. The number of allylic oxidation sites excluding steroid dienone is 1. The lowest BCUT2D eigenvalue weighted by Crippen LogP contribution is -2.15. The summed E-state index contributed by atoms with van der Waals surface area (Å²) in [6.07, 6.45) is 1.27. The zero-order valence-corrected chi connectivity index (χ0v) is 20.7. The van der Waals surface area contributed by atoms with Crippen LogP contribution in [-0.4, -0.2) is 31.3 Å². The van der Waals surface area contributed by atoms with Gasteiger partial charge in [0.25, 0.3) is 5.69 Å². The van der Waals surface area contributed by atoms with Crippen LogP contribution in [0, 0.1) is 17.0 Å². The first kappa shape index (κ1) is 25.5. The molecule has 0 aliphatic carbocycles. The van der Waals surface area contributed by atoms with Crippen LogP contribution in [0.1, 0.15) is 24.4 Å². The van der Waals surface area contributed by atoms with Crippen molar-refractivity contribution >= 4 is 52.2 Å². The molecular weight excluding hydrogens is 501 g/mol. The average molecular weight is 522 g/mol. The summed E-state index contributed by atoms with van der Waals surface area (Å²) >= 11 is 13.1. The third kappa shape index (κ3) is 6.28. The highest BCUT2D eigenvalue weighted by Gasteiger charge is 2.20. The first-order valence-electron chi connectivity index (χ1n) is 10.0. The molecule has 1 unspecified atom stereocenters. The molecule has 0 aliphatic heterocycles. The Hall–Kier alpha value is -3.08. The van der Waals surface area contributed by atoms with E-state index in [1.165, 1.54) is 30.0 Å². The molecule has 1 N–H and O–H groups in total. The number of amides is 1. The average Bonchev–Trinajstić information content (AvgIpc) is 3.19. The maximum atomic E-state index is 12.4. The second kappa shape index (κ2) is 11.4. The third-order valence-corrected chi connectivity index (χ3v) is 6.33. The maximum absolute atomic E-state index is 12.4. The fraction of sp³-hybridized carbons (Fsp3) is 0.227. The summed E-state index contributed by atoms with van der Waals surface area (Å²) < 4.78 is 7.82. The number of rotatable bonds is 10. The van der Waals surface area contributed by atoms with Crippen molar-refractivity contribution in [2.75, 3.05) is 11.1 Å². The minimum atomic E-state index is -0.610. The van der Waals surface area contributed by atoms with Crippen molar-refractivity contribution in [2.24, 2.45) is 0 Å². The molecular formula is C22H21Cl2N5O4S. The van der Waals surface area contributed by atoms with Crippen LogP contribution in [0.5, 0.6) is 5.75 Å². The van der Waals surface area contributed by atoms with Crippen molar-refractivity contribution in [1.29, 1.82) is 0 Å². The molecule has 1 heterocycles. The Labute approximate surface area is 210 Å². The second-order valence-corrected chi connectivity index (χ2v) is 8.93. The number of aromatic nitrogens is 3. The number of anilines is 1. The van der Waals surface area contributed by atoms with E-state index in [-0.39, 0.29) is 28.1 Å². The van der Waals surface area contributed by atoms with Crippen molar-refractivity contribution in [3.05, 3.63) is 80.6 Å². The number of aryl methyl sites for hydroxylation is 1. The lowest BCUT2D eigenvalue weighted by Gasteiger charge is -2.16. The van der Waals surface area contributed by atoms with Gasteiger partial charge in [-0.25, -0.2) is 0 Å². The highest BCUT2D eigenvalue weighted by atomic mass is 35.5.